The number of nitrogens with two attached hydrogens (primary N) is 1. The van der Waals surface area contributed by atoms with Crippen LogP contribution in [0, 0.1) is 0 Å². The van der Waals surface area contributed by atoms with Gasteiger partial charge in [0.15, 0.2) is 11.8 Å². The standard InChI is InChI=1S/C16H20F3N5O2/c1-10(2)14-23-13(26-24-14)4-3-9-21-15(20)22-11-5-7-12(8-6-11)25-16(17,18)19/h5-8,10H,3-4,9H2,1-2H3,(H3,20,21,22). The number of ether oxygens (including phenoxy) is 1. The maximum atomic E-state index is 12.1. The van der Waals surface area contributed by atoms with Gasteiger partial charge in [0.25, 0.3) is 0 Å². The molecule has 7 nitrogen and oxygen atoms in total. The quantitative estimate of drug-likeness (QED) is 0.439. The van der Waals surface area contributed by atoms with Gasteiger partial charge in [0.05, 0.1) is 0 Å². The lowest BCUT2D eigenvalue weighted by atomic mass is 10.2. The van der Waals surface area contributed by atoms with Gasteiger partial charge in [-0.2, -0.15) is 4.98 Å². The van der Waals surface area contributed by atoms with Crippen molar-refractivity contribution in [3.63, 3.8) is 0 Å². The topological polar surface area (TPSA) is 98.6 Å². The molecule has 1 aromatic carbocycles. The molecule has 0 aliphatic rings. The minimum Gasteiger partial charge on any atom is -0.406 e. The van der Waals surface area contributed by atoms with Crippen molar-refractivity contribution in [2.75, 3.05) is 11.9 Å². The van der Waals surface area contributed by atoms with E-state index in [1.807, 2.05) is 13.8 Å². The molecule has 0 bridgehead atoms. The van der Waals surface area contributed by atoms with Gasteiger partial charge in [-0.15, -0.1) is 13.2 Å². The van der Waals surface area contributed by atoms with Crippen molar-refractivity contribution < 1.29 is 22.4 Å². The monoisotopic (exact) mass is 371 g/mol. The second-order valence-electron chi connectivity index (χ2n) is 5.77. The summed E-state index contributed by atoms with van der Waals surface area (Å²) < 4.78 is 45.2. The second kappa shape index (κ2) is 8.54. The summed E-state index contributed by atoms with van der Waals surface area (Å²) in [6.45, 7) is 4.40. The van der Waals surface area contributed by atoms with E-state index in [2.05, 4.69) is 25.2 Å². The Bertz CT molecular complexity index is 726. The van der Waals surface area contributed by atoms with E-state index < -0.39 is 6.36 Å². The Morgan fingerprint density at radius 1 is 1.31 bits per heavy atom. The molecule has 0 saturated heterocycles. The zero-order valence-electron chi connectivity index (χ0n) is 14.4. The number of halogens is 3. The first kappa shape index (κ1) is 19.5. The summed E-state index contributed by atoms with van der Waals surface area (Å²) in [5, 5.41) is 6.66. The van der Waals surface area contributed by atoms with Gasteiger partial charge in [-0.05, 0) is 30.7 Å². The molecule has 26 heavy (non-hydrogen) atoms. The van der Waals surface area contributed by atoms with E-state index in [1.165, 1.54) is 24.3 Å². The van der Waals surface area contributed by atoms with Gasteiger partial charge in [-0.3, -0.25) is 4.99 Å². The van der Waals surface area contributed by atoms with Crippen molar-refractivity contribution in [2.24, 2.45) is 10.7 Å². The average Bonchev–Trinajstić information content (AvgIpc) is 3.01. The zero-order chi connectivity index (χ0) is 19.2. The number of alkyl halides is 3. The van der Waals surface area contributed by atoms with Crippen molar-refractivity contribution in [2.45, 2.75) is 39.0 Å². The fourth-order valence-corrected chi connectivity index (χ4v) is 1.96. The lowest BCUT2D eigenvalue weighted by Crippen LogP contribution is -2.23. The third-order valence-corrected chi connectivity index (χ3v) is 3.19. The fourth-order valence-electron chi connectivity index (χ4n) is 1.96. The number of aliphatic imine (C=N–C) groups is 1. The molecular formula is C16H20F3N5O2. The van der Waals surface area contributed by atoms with Crippen molar-refractivity contribution in [3.05, 3.63) is 36.0 Å². The first-order chi connectivity index (χ1) is 12.2. The molecule has 0 unspecified atom stereocenters. The van der Waals surface area contributed by atoms with Gasteiger partial charge in [-0.25, -0.2) is 0 Å². The summed E-state index contributed by atoms with van der Waals surface area (Å²) in [4.78, 5) is 8.40. The van der Waals surface area contributed by atoms with Gasteiger partial charge in [-0.1, -0.05) is 19.0 Å². The molecule has 10 heteroatoms. The fraction of sp³-hybridized carbons (Fsp3) is 0.438. The molecule has 3 N–H and O–H groups in total. The highest BCUT2D eigenvalue weighted by Gasteiger charge is 2.30. The Labute approximate surface area is 148 Å². The number of hydrogen-bond acceptors (Lipinski definition) is 5. The minimum absolute atomic E-state index is 0.155. The van der Waals surface area contributed by atoms with Crippen molar-refractivity contribution in [1.29, 1.82) is 0 Å². The molecule has 1 aromatic heterocycles. The molecule has 2 aromatic rings. The number of guanidine groups is 1. The minimum atomic E-state index is -4.72. The number of aromatic nitrogens is 2. The number of anilines is 1. The SMILES string of the molecule is CC(C)c1noc(CCCN=C(N)Nc2ccc(OC(F)(F)F)cc2)n1. The van der Waals surface area contributed by atoms with Crippen LogP contribution in [-0.2, 0) is 6.42 Å². The molecular weight excluding hydrogens is 351 g/mol. The van der Waals surface area contributed by atoms with E-state index in [0.717, 1.165) is 0 Å². The number of aryl methyl sites for hydroxylation is 1. The van der Waals surface area contributed by atoms with Crippen molar-refractivity contribution >= 4 is 11.6 Å². The Kier molecular flexibility index (Phi) is 6.42. The van der Waals surface area contributed by atoms with Gasteiger partial charge >= 0.3 is 6.36 Å². The van der Waals surface area contributed by atoms with Crippen LogP contribution in [-0.4, -0.2) is 29.0 Å². The van der Waals surface area contributed by atoms with E-state index in [4.69, 9.17) is 10.3 Å². The third kappa shape index (κ3) is 6.61. The normalized spacial score (nSPS) is 12.5. The molecule has 1 heterocycles. The molecule has 0 aliphatic carbocycles. The summed E-state index contributed by atoms with van der Waals surface area (Å²) in [5.74, 6) is 1.28. The molecule has 0 saturated carbocycles. The van der Waals surface area contributed by atoms with Gasteiger partial charge < -0.3 is 20.3 Å². The van der Waals surface area contributed by atoms with E-state index >= 15 is 0 Å². The maximum Gasteiger partial charge on any atom is 0.573 e. The first-order valence-corrected chi connectivity index (χ1v) is 7.98. The summed E-state index contributed by atoms with van der Waals surface area (Å²) in [6.07, 6.45) is -3.47. The Balaban J connectivity index is 1.77. The smallest absolute Gasteiger partial charge is 0.406 e. The molecule has 0 aliphatic heterocycles. The van der Waals surface area contributed by atoms with Gasteiger partial charge in [0.1, 0.15) is 5.75 Å². The number of benzene rings is 1. The summed E-state index contributed by atoms with van der Waals surface area (Å²) in [6, 6.07) is 5.20. The molecule has 0 amide bonds. The highest BCUT2D eigenvalue weighted by Crippen LogP contribution is 2.23. The Morgan fingerprint density at radius 2 is 2.00 bits per heavy atom. The largest absolute Gasteiger partial charge is 0.573 e. The first-order valence-electron chi connectivity index (χ1n) is 7.98. The zero-order valence-corrected chi connectivity index (χ0v) is 14.4. The second-order valence-corrected chi connectivity index (χ2v) is 5.77. The molecule has 2 rings (SSSR count). The highest BCUT2D eigenvalue weighted by atomic mass is 19.4. The van der Waals surface area contributed by atoms with Gasteiger partial charge in [0.2, 0.25) is 5.89 Å². The van der Waals surface area contributed by atoms with Crippen LogP contribution in [0.4, 0.5) is 18.9 Å². The molecule has 0 radical (unpaired) electrons. The number of nitrogens with zero attached hydrogens (tertiary/aromatic N) is 3. The van der Waals surface area contributed by atoms with Crippen LogP contribution in [0.15, 0.2) is 33.8 Å². The number of nitrogens with one attached hydrogen (secondary N) is 1. The predicted molar refractivity (Wildman–Crippen MR) is 89.9 cm³/mol. The summed E-state index contributed by atoms with van der Waals surface area (Å²) in [7, 11) is 0. The maximum absolute atomic E-state index is 12.1. The van der Waals surface area contributed by atoms with Crippen LogP contribution in [0.3, 0.4) is 0 Å². The third-order valence-electron chi connectivity index (χ3n) is 3.19. The summed E-state index contributed by atoms with van der Waals surface area (Å²) >= 11 is 0. The van der Waals surface area contributed by atoms with E-state index in [0.29, 0.717) is 36.8 Å². The van der Waals surface area contributed by atoms with Gasteiger partial charge in [0, 0.05) is 24.6 Å². The lowest BCUT2D eigenvalue weighted by Gasteiger charge is -2.10. The number of rotatable bonds is 7. The van der Waals surface area contributed by atoms with Crippen LogP contribution >= 0.6 is 0 Å². The van der Waals surface area contributed by atoms with Crippen LogP contribution in [0.25, 0.3) is 0 Å². The van der Waals surface area contributed by atoms with Crippen molar-refractivity contribution in [3.8, 4) is 5.75 Å². The van der Waals surface area contributed by atoms with Crippen LogP contribution < -0.4 is 15.8 Å². The average molecular weight is 371 g/mol. The Hall–Kier alpha value is -2.78. The highest BCUT2D eigenvalue weighted by molar-refractivity contribution is 5.92. The van der Waals surface area contributed by atoms with Crippen molar-refractivity contribution in [1.82, 2.24) is 10.1 Å². The Morgan fingerprint density at radius 3 is 2.58 bits per heavy atom. The van der Waals surface area contributed by atoms with E-state index in [1.54, 1.807) is 0 Å². The van der Waals surface area contributed by atoms with E-state index in [9.17, 15) is 13.2 Å². The lowest BCUT2D eigenvalue weighted by molar-refractivity contribution is -0.274. The number of hydrogen-bond donors (Lipinski definition) is 2. The van der Waals surface area contributed by atoms with Crippen LogP contribution in [0.1, 0.15) is 37.9 Å². The molecule has 142 valence electrons. The summed E-state index contributed by atoms with van der Waals surface area (Å²) in [5.41, 5.74) is 6.24. The van der Waals surface area contributed by atoms with Crippen LogP contribution in [0.2, 0.25) is 0 Å². The van der Waals surface area contributed by atoms with E-state index in [-0.39, 0.29) is 17.6 Å². The molecule has 0 spiro atoms. The predicted octanol–water partition coefficient (Wildman–Crippen LogP) is 3.45. The molecule has 0 fully saturated rings. The van der Waals surface area contributed by atoms with Crippen LogP contribution in [0.5, 0.6) is 5.75 Å². The molecule has 0 atom stereocenters.